The number of carbonyl (C=O) groups excluding carboxylic acids is 1. The van der Waals surface area contributed by atoms with E-state index < -0.39 is 0 Å². The zero-order valence-electron chi connectivity index (χ0n) is 9.64. The Balaban J connectivity index is 2.56. The van der Waals surface area contributed by atoms with Crippen LogP contribution in [0.15, 0.2) is 18.2 Å². The molecule has 0 aliphatic carbocycles. The molecule has 0 heterocycles. The molecule has 0 saturated heterocycles. The first-order valence-electron chi connectivity index (χ1n) is 5.32. The van der Waals surface area contributed by atoms with Gasteiger partial charge in [-0.2, -0.15) is 0 Å². The maximum Gasteiger partial charge on any atom is 0.319 e. The zero-order valence-corrected chi connectivity index (χ0v) is 10.4. The van der Waals surface area contributed by atoms with Gasteiger partial charge in [0.1, 0.15) is 0 Å². The first-order valence-corrected chi connectivity index (χ1v) is 5.85. The number of para-hydroxylation sites is 1. The average molecular weight is 241 g/mol. The number of rotatable bonds is 4. The lowest BCUT2D eigenvalue weighted by atomic mass is 10.1. The molecule has 0 bridgehead atoms. The summed E-state index contributed by atoms with van der Waals surface area (Å²) in [6.45, 7) is 4.54. The molecular formula is C12H17ClN2O. The van der Waals surface area contributed by atoms with Crippen LogP contribution in [0.1, 0.15) is 17.5 Å². The highest BCUT2D eigenvalue weighted by molar-refractivity contribution is 6.17. The molecule has 0 fully saturated rings. The summed E-state index contributed by atoms with van der Waals surface area (Å²) < 4.78 is 0. The van der Waals surface area contributed by atoms with Crippen molar-refractivity contribution < 1.29 is 4.79 Å². The summed E-state index contributed by atoms with van der Waals surface area (Å²) in [7, 11) is 0. The maximum atomic E-state index is 11.5. The van der Waals surface area contributed by atoms with Gasteiger partial charge < -0.3 is 10.6 Å². The average Bonchev–Trinajstić information content (AvgIpc) is 2.24. The summed E-state index contributed by atoms with van der Waals surface area (Å²) in [4.78, 5) is 11.5. The Morgan fingerprint density at radius 2 is 1.94 bits per heavy atom. The SMILES string of the molecule is Cc1cccc(C)c1NC(=O)NCCCCl. The molecule has 88 valence electrons. The Kier molecular flexibility index (Phi) is 5.12. The second kappa shape index (κ2) is 6.38. The highest BCUT2D eigenvalue weighted by Gasteiger charge is 2.05. The van der Waals surface area contributed by atoms with E-state index in [0.29, 0.717) is 12.4 Å². The quantitative estimate of drug-likeness (QED) is 0.616. The first kappa shape index (κ1) is 12.8. The Hall–Kier alpha value is -1.22. The van der Waals surface area contributed by atoms with Gasteiger partial charge in [-0.05, 0) is 31.4 Å². The third-order valence-electron chi connectivity index (χ3n) is 2.32. The predicted molar refractivity (Wildman–Crippen MR) is 68.3 cm³/mol. The fourth-order valence-electron chi connectivity index (χ4n) is 1.44. The number of anilines is 1. The minimum atomic E-state index is -0.178. The summed E-state index contributed by atoms with van der Waals surface area (Å²) in [6.07, 6.45) is 0.779. The van der Waals surface area contributed by atoms with Gasteiger partial charge in [0.25, 0.3) is 0 Å². The number of hydrogen-bond acceptors (Lipinski definition) is 1. The summed E-state index contributed by atoms with van der Waals surface area (Å²) in [5.74, 6) is 0.559. The fourth-order valence-corrected chi connectivity index (χ4v) is 1.57. The van der Waals surface area contributed by atoms with Gasteiger partial charge in [0, 0.05) is 18.1 Å². The van der Waals surface area contributed by atoms with Crippen molar-refractivity contribution in [2.45, 2.75) is 20.3 Å². The van der Waals surface area contributed by atoms with Crippen molar-refractivity contribution in [2.75, 3.05) is 17.7 Å². The van der Waals surface area contributed by atoms with Crippen LogP contribution in [-0.4, -0.2) is 18.5 Å². The molecule has 0 spiro atoms. The molecule has 4 heteroatoms. The van der Waals surface area contributed by atoms with E-state index in [-0.39, 0.29) is 6.03 Å². The van der Waals surface area contributed by atoms with Crippen LogP contribution in [-0.2, 0) is 0 Å². The molecule has 0 atom stereocenters. The molecule has 0 aliphatic rings. The van der Waals surface area contributed by atoms with E-state index in [2.05, 4.69) is 10.6 Å². The molecule has 1 aromatic rings. The van der Waals surface area contributed by atoms with Gasteiger partial charge in [0.15, 0.2) is 0 Å². The van der Waals surface area contributed by atoms with Crippen LogP contribution < -0.4 is 10.6 Å². The molecule has 0 aliphatic heterocycles. The van der Waals surface area contributed by atoms with Crippen LogP contribution in [0.3, 0.4) is 0 Å². The van der Waals surface area contributed by atoms with Gasteiger partial charge >= 0.3 is 6.03 Å². The number of halogens is 1. The number of hydrogen-bond donors (Lipinski definition) is 2. The predicted octanol–water partition coefficient (Wildman–Crippen LogP) is 3.05. The Morgan fingerprint density at radius 3 is 2.50 bits per heavy atom. The molecule has 2 amide bonds. The zero-order chi connectivity index (χ0) is 12.0. The molecule has 0 radical (unpaired) electrons. The number of carbonyl (C=O) groups is 1. The molecule has 0 unspecified atom stereocenters. The van der Waals surface area contributed by atoms with E-state index in [4.69, 9.17) is 11.6 Å². The van der Waals surface area contributed by atoms with Gasteiger partial charge in [-0.3, -0.25) is 0 Å². The van der Waals surface area contributed by atoms with Crippen LogP contribution in [0, 0.1) is 13.8 Å². The van der Waals surface area contributed by atoms with Crippen molar-refractivity contribution >= 4 is 23.3 Å². The number of benzene rings is 1. The summed E-state index contributed by atoms with van der Waals surface area (Å²) in [5.41, 5.74) is 3.01. The van der Waals surface area contributed by atoms with Gasteiger partial charge in [-0.15, -0.1) is 11.6 Å². The first-order chi connectivity index (χ1) is 7.65. The lowest BCUT2D eigenvalue weighted by Gasteiger charge is -2.11. The van der Waals surface area contributed by atoms with Crippen molar-refractivity contribution in [3.05, 3.63) is 29.3 Å². The Labute approximate surface area is 101 Å². The highest BCUT2D eigenvalue weighted by atomic mass is 35.5. The summed E-state index contributed by atoms with van der Waals surface area (Å²) in [6, 6.07) is 5.74. The van der Waals surface area contributed by atoms with Crippen molar-refractivity contribution in [3.63, 3.8) is 0 Å². The maximum absolute atomic E-state index is 11.5. The Bertz CT molecular complexity index is 346. The van der Waals surface area contributed by atoms with Crippen molar-refractivity contribution in [1.29, 1.82) is 0 Å². The number of aryl methyl sites for hydroxylation is 2. The minimum absolute atomic E-state index is 0.178. The van der Waals surface area contributed by atoms with E-state index >= 15 is 0 Å². The van der Waals surface area contributed by atoms with E-state index in [0.717, 1.165) is 23.2 Å². The topological polar surface area (TPSA) is 41.1 Å². The third-order valence-corrected chi connectivity index (χ3v) is 2.58. The second-order valence-corrected chi connectivity index (χ2v) is 4.07. The standard InChI is InChI=1S/C12H17ClN2O/c1-9-5-3-6-10(2)11(9)15-12(16)14-8-4-7-13/h3,5-6H,4,7-8H2,1-2H3,(H2,14,15,16). The monoisotopic (exact) mass is 240 g/mol. The molecule has 2 N–H and O–H groups in total. The van der Waals surface area contributed by atoms with Crippen molar-refractivity contribution in [1.82, 2.24) is 5.32 Å². The summed E-state index contributed by atoms with van der Waals surface area (Å²) in [5, 5.41) is 5.60. The van der Waals surface area contributed by atoms with Gasteiger partial charge in [0.2, 0.25) is 0 Å². The number of nitrogens with one attached hydrogen (secondary N) is 2. The molecular weight excluding hydrogens is 224 g/mol. The lowest BCUT2D eigenvalue weighted by Crippen LogP contribution is -2.30. The molecule has 1 rings (SSSR count). The van der Waals surface area contributed by atoms with Crippen molar-refractivity contribution in [3.8, 4) is 0 Å². The normalized spacial score (nSPS) is 9.94. The molecule has 0 aromatic heterocycles. The lowest BCUT2D eigenvalue weighted by molar-refractivity contribution is 0.252. The molecule has 0 saturated carbocycles. The fraction of sp³-hybridized carbons (Fsp3) is 0.417. The highest BCUT2D eigenvalue weighted by Crippen LogP contribution is 2.18. The van der Waals surface area contributed by atoms with Crippen LogP contribution in [0.4, 0.5) is 10.5 Å². The van der Waals surface area contributed by atoms with Gasteiger partial charge in [0.05, 0.1) is 0 Å². The summed E-state index contributed by atoms with van der Waals surface area (Å²) >= 11 is 5.52. The number of urea groups is 1. The van der Waals surface area contributed by atoms with E-state index in [1.807, 2.05) is 32.0 Å². The number of amides is 2. The third kappa shape index (κ3) is 3.74. The van der Waals surface area contributed by atoms with E-state index in [1.54, 1.807) is 0 Å². The van der Waals surface area contributed by atoms with Crippen LogP contribution in [0.25, 0.3) is 0 Å². The number of alkyl halides is 1. The van der Waals surface area contributed by atoms with Gasteiger partial charge in [-0.25, -0.2) is 4.79 Å². The van der Waals surface area contributed by atoms with Crippen LogP contribution in [0.2, 0.25) is 0 Å². The second-order valence-electron chi connectivity index (χ2n) is 3.69. The van der Waals surface area contributed by atoms with Crippen LogP contribution in [0.5, 0.6) is 0 Å². The molecule has 3 nitrogen and oxygen atoms in total. The van der Waals surface area contributed by atoms with E-state index in [1.165, 1.54) is 0 Å². The van der Waals surface area contributed by atoms with Crippen LogP contribution >= 0.6 is 11.6 Å². The van der Waals surface area contributed by atoms with Gasteiger partial charge in [-0.1, -0.05) is 18.2 Å². The van der Waals surface area contributed by atoms with Crippen molar-refractivity contribution in [2.24, 2.45) is 0 Å². The largest absolute Gasteiger partial charge is 0.338 e. The molecule has 16 heavy (non-hydrogen) atoms. The van der Waals surface area contributed by atoms with E-state index in [9.17, 15) is 4.79 Å². The molecule has 1 aromatic carbocycles. The minimum Gasteiger partial charge on any atom is -0.338 e. The Morgan fingerprint density at radius 1 is 1.31 bits per heavy atom. The smallest absolute Gasteiger partial charge is 0.319 e.